The Bertz CT molecular complexity index is 1040. The third kappa shape index (κ3) is 5.81. The van der Waals surface area contributed by atoms with Gasteiger partial charge in [-0.05, 0) is 53.5 Å². The number of fused-ring (bicyclic) bond motifs is 3. The number of carbonyl (C=O) groups is 3. The Morgan fingerprint density at radius 1 is 1.06 bits per heavy atom. The number of nitrogens with one attached hydrogen (secondary N) is 2. The zero-order valence-electron chi connectivity index (χ0n) is 19.9. The molecule has 8 heteroatoms. The first-order chi connectivity index (χ1) is 16.9. The number of hydrogen-bond acceptors (Lipinski definition) is 5. The van der Waals surface area contributed by atoms with E-state index in [0.717, 1.165) is 35.1 Å². The molecule has 35 heavy (non-hydrogen) atoms. The fraction of sp³-hybridized carbons (Fsp3) is 0.444. The van der Waals surface area contributed by atoms with Crippen molar-refractivity contribution in [1.82, 2.24) is 10.6 Å². The molecular weight excluding hydrogens is 464 g/mol. The Balaban J connectivity index is 1.38. The molecule has 0 aromatic heterocycles. The van der Waals surface area contributed by atoms with E-state index in [1.807, 2.05) is 30.5 Å². The molecule has 2 aliphatic rings. The van der Waals surface area contributed by atoms with Crippen LogP contribution in [0.3, 0.4) is 0 Å². The van der Waals surface area contributed by atoms with E-state index in [4.69, 9.17) is 4.74 Å². The molecule has 0 bridgehead atoms. The van der Waals surface area contributed by atoms with E-state index >= 15 is 0 Å². The summed E-state index contributed by atoms with van der Waals surface area (Å²) in [6.07, 6.45) is 4.86. The van der Waals surface area contributed by atoms with Crippen molar-refractivity contribution in [3.05, 3.63) is 59.7 Å². The van der Waals surface area contributed by atoms with Crippen LogP contribution in [0.4, 0.5) is 4.79 Å². The van der Waals surface area contributed by atoms with Gasteiger partial charge in [0.25, 0.3) is 0 Å². The van der Waals surface area contributed by atoms with Crippen LogP contribution in [0.1, 0.15) is 55.6 Å². The Morgan fingerprint density at radius 3 is 2.23 bits per heavy atom. The van der Waals surface area contributed by atoms with Crippen molar-refractivity contribution >= 4 is 29.7 Å². The van der Waals surface area contributed by atoms with Crippen molar-refractivity contribution in [3.8, 4) is 11.1 Å². The largest absolute Gasteiger partial charge is 0.480 e. The van der Waals surface area contributed by atoms with Gasteiger partial charge in [-0.15, -0.1) is 0 Å². The maximum absolute atomic E-state index is 12.9. The highest BCUT2D eigenvalue weighted by Gasteiger charge is 2.39. The molecule has 1 saturated carbocycles. The quantitative estimate of drug-likeness (QED) is 0.446. The van der Waals surface area contributed by atoms with Gasteiger partial charge in [0.05, 0.1) is 5.54 Å². The molecule has 186 valence electrons. The molecule has 0 saturated heterocycles. The fourth-order valence-electron chi connectivity index (χ4n) is 5.29. The van der Waals surface area contributed by atoms with E-state index in [0.29, 0.717) is 25.0 Å². The van der Waals surface area contributed by atoms with E-state index in [1.54, 1.807) is 0 Å². The van der Waals surface area contributed by atoms with Gasteiger partial charge in [-0.3, -0.25) is 4.79 Å². The zero-order valence-corrected chi connectivity index (χ0v) is 20.7. The fourth-order valence-corrected chi connectivity index (χ4v) is 5.77. The van der Waals surface area contributed by atoms with E-state index in [2.05, 4.69) is 34.9 Å². The second-order valence-corrected chi connectivity index (χ2v) is 10.3. The lowest BCUT2D eigenvalue weighted by Crippen LogP contribution is -2.51. The predicted octanol–water partition coefficient (Wildman–Crippen LogP) is 4.55. The second-order valence-electron chi connectivity index (χ2n) is 9.35. The van der Waals surface area contributed by atoms with Gasteiger partial charge in [0.15, 0.2) is 0 Å². The number of ether oxygens (including phenoxy) is 1. The Kier molecular flexibility index (Phi) is 8.00. The molecule has 2 aromatic carbocycles. The van der Waals surface area contributed by atoms with Crippen LogP contribution in [0, 0.1) is 0 Å². The van der Waals surface area contributed by atoms with Crippen molar-refractivity contribution in [3.63, 3.8) is 0 Å². The zero-order chi connectivity index (χ0) is 24.8. The van der Waals surface area contributed by atoms with Crippen molar-refractivity contribution in [2.75, 3.05) is 18.6 Å². The average molecular weight is 497 g/mol. The normalized spacial score (nSPS) is 16.7. The molecule has 4 rings (SSSR count). The first-order valence-corrected chi connectivity index (χ1v) is 13.5. The minimum atomic E-state index is -1.04. The second kappa shape index (κ2) is 11.2. The van der Waals surface area contributed by atoms with Crippen molar-refractivity contribution < 1.29 is 24.2 Å². The standard InChI is InChI=1S/C27H32N2O5S/c1-35-15-12-23(25(31)32)28-24(30)16-27(13-6-7-14-27)29-26(33)34-17-22-20-10-4-2-8-18(20)19-9-3-5-11-21(19)22/h2-5,8-11,22-23H,6-7,12-17H2,1H3,(H,28,30)(H,29,33)(H,31,32). The van der Waals surface area contributed by atoms with Gasteiger partial charge in [0.2, 0.25) is 5.91 Å². The highest BCUT2D eigenvalue weighted by Crippen LogP contribution is 2.44. The number of aliphatic carboxylic acids is 1. The molecule has 1 atom stereocenters. The monoisotopic (exact) mass is 496 g/mol. The van der Waals surface area contributed by atoms with Crippen LogP contribution in [0.2, 0.25) is 0 Å². The first-order valence-electron chi connectivity index (χ1n) is 12.1. The molecule has 0 heterocycles. The summed E-state index contributed by atoms with van der Waals surface area (Å²) in [6.45, 7) is 0.206. The minimum Gasteiger partial charge on any atom is -0.480 e. The van der Waals surface area contributed by atoms with Crippen LogP contribution in [0.5, 0.6) is 0 Å². The van der Waals surface area contributed by atoms with Crippen molar-refractivity contribution in [1.29, 1.82) is 0 Å². The maximum atomic E-state index is 12.9. The summed E-state index contributed by atoms with van der Waals surface area (Å²) in [4.78, 5) is 37.1. The van der Waals surface area contributed by atoms with Gasteiger partial charge in [0, 0.05) is 12.3 Å². The number of rotatable bonds is 10. The lowest BCUT2D eigenvalue weighted by Gasteiger charge is -2.30. The molecule has 2 aliphatic carbocycles. The van der Waals surface area contributed by atoms with Gasteiger partial charge in [-0.1, -0.05) is 61.4 Å². The van der Waals surface area contributed by atoms with Gasteiger partial charge in [-0.2, -0.15) is 11.8 Å². The van der Waals surface area contributed by atoms with E-state index in [-0.39, 0.29) is 24.9 Å². The maximum Gasteiger partial charge on any atom is 0.407 e. The van der Waals surface area contributed by atoms with Gasteiger partial charge in [0.1, 0.15) is 12.6 Å². The summed E-state index contributed by atoms with van der Waals surface area (Å²) in [6, 6.07) is 15.4. The summed E-state index contributed by atoms with van der Waals surface area (Å²) in [5, 5.41) is 15.0. The molecule has 3 N–H and O–H groups in total. The molecular formula is C27H32N2O5S. The number of hydrogen-bond donors (Lipinski definition) is 3. The van der Waals surface area contributed by atoms with Crippen molar-refractivity contribution in [2.24, 2.45) is 0 Å². The molecule has 2 aromatic rings. The molecule has 2 amide bonds. The number of alkyl carbamates (subject to hydrolysis) is 1. The van der Waals surface area contributed by atoms with E-state index in [1.165, 1.54) is 11.8 Å². The summed E-state index contributed by atoms with van der Waals surface area (Å²) in [5.41, 5.74) is 3.89. The number of carboxylic acid groups (broad SMARTS) is 1. The Morgan fingerprint density at radius 2 is 1.66 bits per heavy atom. The van der Waals surface area contributed by atoms with E-state index < -0.39 is 23.6 Å². The van der Waals surface area contributed by atoms with Crippen LogP contribution in [-0.2, 0) is 14.3 Å². The number of amides is 2. The smallest absolute Gasteiger partial charge is 0.407 e. The molecule has 0 aliphatic heterocycles. The summed E-state index contributed by atoms with van der Waals surface area (Å²) < 4.78 is 5.70. The average Bonchev–Trinajstić information content (AvgIpc) is 3.42. The number of carboxylic acids is 1. The van der Waals surface area contributed by atoms with E-state index in [9.17, 15) is 19.5 Å². The van der Waals surface area contributed by atoms with Crippen LogP contribution >= 0.6 is 11.8 Å². The van der Waals surface area contributed by atoms with Crippen molar-refractivity contribution in [2.45, 2.75) is 56.0 Å². The van der Waals surface area contributed by atoms with Gasteiger partial charge < -0.3 is 20.5 Å². The lowest BCUT2D eigenvalue weighted by molar-refractivity contribution is -0.142. The Labute approximate surface area is 210 Å². The van der Waals surface area contributed by atoms with Crippen LogP contribution in [-0.4, -0.2) is 53.3 Å². The lowest BCUT2D eigenvalue weighted by atomic mass is 9.92. The van der Waals surface area contributed by atoms with Crippen LogP contribution in [0.15, 0.2) is 48.5 Å². The van der Waals surface area contributed by atoms with Gasteiger partial charge in [-0.25, -0.2) is 9.59 Å². The number of benzene rings is 2. The van der Waals surface area contributed by atoms with Crippen LogP contribution < -0.4 is 10.6 Å². The summed E-state index contributed by atoms with van der Waals surface area (Å²) in [5.74, 6) is -0.805. The highest BCUT2D eigenvalue weighted by molar-refractivity contribution is 7.98. The van der Waals surface area contributed by atoms with Gasteiger partial charge >= 0.3 is 12.1 Å². The SMILES string of the molecule is CSCCC(NC(=O)CC1(NC(=O)OCC2c3ccccc3-c3ccccc32)CCCC1)C(=O)O. The summed E-state index contributed by atoms with van der Waals surface area (Å²) >= 11 is 1.53. The third-order valence-electron chi connectivity index (χ3n) is 7.01. The van der Waals surface area contributed by atoms with Crippen LogP contribution in [0.25, 0.3) is 11.1 Å². The molecule has 0 radical (unpaired) electrons. The number of thioether (sulfide) groups is 1. The molecule has 0 spiro atoms. The molecule has 7 nitrogen and oxygen atoms in total. The third-order valence-corrected chi connectivity index (χ3v) is 7.66. The summed E-state index contributed by atoms with van der Waals surface area (Å²) in [7, 11) is 0. The first kappa shape index (κ1) is 25.1. The molecule has 1 unspecified atom stereocenters. The Hall–Kier alpha value is -3.00. The topological polar surface area (TPSA) is 105 Å². The number of carbonyl (C=O) groups excluding carboxylic acids is 2. The minimum absolute atomic E-state index is 0.0382. The molecule has 1 fully saturated rings. The predicted molar refractivity (Wildman–Crippen MR) is 137 cm³/mol. The highest BCUT2D eigenvalue weighted by atomic mass is 32.2.